The van der Waals surface area contributed by atoms with E-state index in [9.17, 15) is 0 Å². The number of halogens is 1. The van der Waals surface area contributed by atoms with Gasteiger partial charge < -0.3 is 0 Å². The minimum atomic E-state index is 0.439. The summed E-state index contributed by atoms with van der Waals surface area (Å²) in [5.41, 5.74) is 0.439. The van der Waals surface area contributed by atoms with Crippen molar-refractivity contribution in [2.75, 3.05) is 0 Å². The third-order valence-electron chi connectivity index (χ3n) is 1.48. The Morgan fingerprint density at radius 1 is 1.62 bits per heavy atom. The second-order valence-electron chi connectivity index (χ2n) is 3.07. The first-order valence-corrected chi connectivity index (χ1v) is 3.85. The Bertz CT molecular complexity index is 114. The minimum Gasteiger partial charge on any atom is -0.0845 e. The van der Waals surface area contributed by atoms with Crippen LogP contribution in [0.4, 0.5) is 0 Å². The van der Waals surface area contributed by atoms with Crippen molar-refractivity contribution in [1.82, 2.24) is 0 Å². The van der Waals surface area contributed by atoms with Crippen LogP contribution in [0, 0.1) is 5.41 Å². The summed E-state index contributed by atoms with van der Waals surface area (Å²) in [6.07, 6.45) is 5.74. The van der Waals surface area contributed by atoms with E-state index in [0.29, 0.717) is 10.2 Å². The molecule has 0 aliphatic heterocycles. The Labute approximate surface area is 59.1 Å². The first-order valence-electron chi connectivity index (χ1n) is 2.94. The van der Waals surface area contributed by atoms with Crippen LogP contribution in [0.1, 0.15) is 20.3 Å². The normalized spacial score (nSPS) is 33.6. The lowest BCUT2D eigenvalue weighted by Crippen LogP contribution is -2.04. The van der Waals surface area contributed by atoms with Crippen molar-refractivity contribution in [3.05, 3.63) is 12.2 Å². The molecule has 0 nitrogen and oxygen atoms in total. The number of hydrogen-bond acceptors (Lipinski definition) is 0. The van der Waals surface area contributed by atoms with Gasteiger partial charge in [-0.15, -0.1) is 0 Å². The maximum Gasteiger partial charge on any atom is 0.0333 e. The summed E-state index contributed by atoms with van der Waals surface area (Å²) in [6, 6.07) is 0. The minimum absolute atomic E-state index is 0.439. The van der Waals surface area contributed by atoms with Gasteiger partial charge in [0, 0.05) is 4.83 Å². The predicted octanol–water partition coefficient (Wildman–Crippen LogP) is 2.74. The van der Waals surface area contributed by atoms with Crippen LogP contribution in [0.3, 0.4) is 0 Å². The first-order chi connectivity index (χ1) is 3.60. The summed E-state index contributed by atoms with van der Waals surface area (Å²) in [5, 5.41) is 0. The highest BCUT2D eigenvalue weighted by molar-refractivity contribution is 9.09. The van der Waals surface area contributed by atoms with Crippen LogP contribution in [0.25, 0.3) is 0 Å². The zero-order valence-electron chi connectivity index (χ0n) is 5.32. The van der Waals surface area contributed by atoms with Gasteiger partial charge in [-0.2, -0.15) is 0 Å². The van der Waals surface area contributed by atoms with Crippen molar-refractivity contribution in [2.24, 2.45) is 5.41 Å². The maximum atomic E-state index is 3.53. The van der Waals surface area contributed by atoms with Crippen LogP contribution in [-0.4, -0.2) is 4.83 Å². The monoisotopic (exact) mass is 174 g/mol. The van der Waals surface area contributed by atoms with Gasteiger partial charge in [0.1, 0.15) is 0 Å². The lowest BCUT2D eigenvalue weighted by atomic mass is 9.94. The summed E-state index contributed by atoms with van der Waals surface area (Å²) in [4.78, 5) is 0.623. The molecule has 46 valence electrons. The second kappa shape index (κ2) is 1.87. The molecule has 0 bridgehead atoms. The fourth-order valence-corrected chi connectivity index (χ4v) is 1.99. The summed E-state index contributed by atoms with van der Waals surface area (Å²) < 4.78 is 0. The molecule has 8 heavy (non-hydrogen) atoms. The van der Waals surface area contributed by atoms with Gasteiger partial charge in [0.2, 0.25) is 0 Å². The molecule has 1 aliphatic rings. The molecule has 0 heterocycles. The van der Waals surface area contributed by atoms with Crippen molar-refractivity contribution in [1.29, 1.82) is 0 Å². The largest absolute Gasteiger partial charge is 0.0845 e. The molecule has 1 heteroatoms. The molecule has 0 radical (unpaired) electrons. The summed E-state index contributed by atoms with van der Waals surface area (Å²) >= 11 is 3.53. The Morgan fingerprint density at radius 2 is 2.25 bits per heavy atom. The standard InChI is InChI=1S/C7H11Br/c1-7(2)4-3-6(8)5-7/h3-4,6H,5H2,1-2H3. The fraction of sp³-hybridized carbons (Fsp3) is 0.714. The molecule has 0 N–H and O–H groups in total. The second-order valence-corrected chi connectivity index (χ2v) is 4.24. The first kappa shape index (κ1) is 6.34. The zero-order valence-corrected chi connectivity index (χ0v) is 6.90. The zero-order chi connectivity index (χ0) is 6.20. The highest BCUT2D eigenvalue weighted by Crippen LogP contribution is 2.33. The molecule has 0 amide bonds. The predicted molar refractivity (Wildman–Crippen MR) is 40.3 cm³/mol. The summed E-state index contributed by atoms with van der Waals surface area (Å²) in [7, 11) is 0. The van der Waals surface area contributed by atoms with Crippen LogP contribution in [-0.2, 0) is 0 Å². The lowest BCUT2D eigenvalue weighted by Gasteiger charge is -2.13. The quantitative estimate of drug-likeness (QED) is 0.392. The molecule has 0 aromatic carbocycles. The number of hydrogen-bond donors (Lipinski definition) is 0. The van der Waals surface area contributed by atoms with E-state index in [0.717, 1.165) is 0 Å². The van der Waals surface area contributed by atoms with Crippen LogP contribution in [0.15, 0.2) is 12.2 Å². The molecule has 1 aliphatic carbocycles. The molecule has 0 saturated carbocycles. The average Bonchev–Trinajstić information content (AvgIpc) is 1.82. The van der Waals surface area contributed by atoms with Gasteiger partial charge >= 0.3 is 0 Å². The number of alkyl halides is 1. The van der Waals surface area contributed by atoms with Gasteiger partial charge in [0.25, 0.3) is 0 Å². The maximum absolute atomic E-state index is 3.53. The van der Waals surface area contributed by atoms with E-state index in [-0.39, 0.29) is 0 Å². The highest BCUT2D eigenvalue weighted by atomic mass is 79.9. The van der Waals surface area contributed by atoms with Crippen molar-refractivity contribution in [3.63, 3.8) is 0 Å². The summed E-state index contributed by atoms with van der Waals surface area (Å²) in [5.74, 6) is 0. The average molecular weight is 175 g/mol. The molecule has 0 aromatic heterocycles. The van der Waals surface area contributed by atoms with E-state index in [2.05, 4.69) is 41.9 Å². The molecular formula is C7H11Br. The molecule has 0 saturated heterocycles. The van der Waals surface area contributed by atoms with Crippen LogP contribution in [0.5, 0.6) is 0 Å². The van der Waals surface area contributed by atoms with Crippen molar-refractivity contribution < 1.29 is 0 Å². The van der Waals surface area contributed by atoms with Gasteiger partial charge in [-0.25, -0.2) is 0 Å². The smallest absolute Gasteiger partial charge is 0.0333 e. The third kappa shape index (κ3) is 1.35. The van der Waals surface area contributed by atoms with Crippen LogP contribution in [0.2, 0.25) is 0 Å². The molecule has 1 unspecified atom stereocenters. The molecule has 0 aromatic rings. The van der Waals surface area contributed by atoms with Crippen molar-refractivity contribution in [2.45, 2.75) is 25.1 Å². The molecular weight excluding hydrogens is 164 g/mol. The van der Waals surface area contributed by atoms with E-state index >= 15 is 0 Å². The number of allylic oxidation sites excluding steroid dienone is 2. The molecule has 1 rings (SSSR count). The Kier molecular flexibility index (Phi) is 1.48. The van der Waals surface area contributed by atoms with E-state index in [1.165, 1.54) is 6.42 Å². The van der Waals surface area contributed by atoms with Gasteiger partial charge in [-0.05, 0) is 11.8 Å². The van der Waals surface area contributed by atoms with Crippen molar-refractivity contribution >= 4 is 15.9 Å². The third-order valence-corrected chi connectivity index (χ3v) is 2.11. The van der Waals surface area contributed by atoms with Crippen LogP contribution < -0.4 is 0 Å². The van der Waals surface area contributed by atoms with E-state index in [4.69, 9.17) is 0 Å². The number of rotatable bonds is 0. The topological polar surface area (TPSA) is 0 Å². The fourth-order valence-electron chi connectivity index (χ4n) is 1.00. The Balaban J connectivity index is 2.58. The highest BCUT2D eigenvalue weighted by Gasteiger charge is 2.22. The van der Waals surface area contributed by atoms with Crippen LogP contribution >= 0.6 is 15.9 Å². The Hall–Kier alpha value is 0.220. The van der Waals surface area contributed by atoms with Gasteiger partial charge in [-0.1, -0.05) is 41.9 Å². The van der Waals surface area contributed by atoms with E-state index < -0.39 is 0 Å². The van der Waals surface area contributed by atoms with Crippen molar-refractivity contribution in [3.8, 4) is 0 Å². The molecule has 0 spiro atoms. The lowest BCUT2D eigenvalue weighted by molar-refractivity contribution is 0.476. The molecule has 1 atom stereocenters. The van der Waals surface area contributed by atoms with Gasteiger partial charge in [-0.3, -0.25) is 0 Å². The summed E-state index contributed by atoms with van der Waals surface area (Å²) in [6.45, 7) is 4.51. The van der Waals surface area contributed by atoms with Gasteiger partial charge in [0.15, 0.2) is 0 Å². The van der Waals surface area contributed by atoms with E-state index in [1.807, 2.05) is 0 Å². The SMILES string of the molecule is CC1(C)C=CC(Br)C1. The van der Waals surface area contributed by atoms with Gasteiger partial charge in [0.05, 0.1) is 0 Å². The van der Waals surface area contributed by atoms with E-state index in [1.54, 1.807) is 0 Å². The molecule has 0 fully saturated rings. The Morgan fingerprint density at radius 3 is 2.38 bits per heavy atom.